The van der Waals surface area contributed by atoms with E-state index in [1.54, 1.807) is 0 Å². The second-order valence-corrected chi connectivity index (χ2v) is 3.94. The Morgan fingerprint density at radius 2 is 1.83 bits per heavy atom. The van der Waals surface area contributed by atoms with E-state index in [1.807, 2.05) is 0 Å². The Bertz CT molecular complexity index is 142. The predicted molar refractivity (Wildman–Crippen MR) is 55.0 cm³/mol. The molecule has 0 aromatic heterocycles. The first-order valence-electron chi connectivity index (χ1n) is 4.75. The van der Waals surface area contributed by atoms with Crippen LogP contribution in [0.1, 0.15) is 34.1 Å². The van der Waals surface area contributed by atoms with Crippen LogP contribution in [0.25, 0.3) is 0 Å². The fourth-order valence-corrected chi connectivity index (χ4v) is 1.24. The maximum absolute atomic E-state index is 5.23. The van der Waals surface area contributed by atoms with Crippen molar-refractivity contribution in [2.45, 2.75) is 40.2 Å². The number of rotatable bonds is 5. The van der Waals surface area contributed by atoms with Crippen molar-refractivity contribution in [2.24, 2.45) is 5.92 Å². The summed E-state index contributed by atoms with van der Waals surface area (Å²) in [5, 5.41) is 0. The van der Waals surface area contributed by atoms with Crippen LogP contribution in [0.4, 0.5) is 0 Å². The molecule has 0 heterocycles. The SMILES string of the molecule is C#CCCN(CC(C)C)C(C)C. The second kappa shape index (κ2) is 6.08. The van der Waals surface area contributed by atoms with Gasteiger partial charge in [-0.2, -0.15) is 0 Å². The van der Waals surface area contributed by atoms with Crippen LogP contribution in [-0.2, 0) is 0 Å². The van der Waals surface area contributed by atoms with Gasteiger partial charge in [0.2, 0.25) is 0 Å². The Kier molecular flexibility index (Phi) is 5.84. The van der Waals surface area contributed by atoms with Gasteiger partial charge in [-0.1, -0.05) is 13.8 Å². The second-order valence-electron chi connectivity index (χ2n) is 3.94. The van der Waals surface area contributed by atoms with E-state index < -0.39 is 0 Å². The highest BCUT2D eigenvalue weighted by molar-refractivity contribution is 4.85. The third-order valence-electron chi connectivity index (χ3n) is 1.87. The monoisotopic (exact) mass is 167 g/mol. The largest absolute Gasteiger partial charge is 0.300 e. The van der Waals surface area contributed by atoms with Gasteiger partial charge >= 0.3 is 0 Å². The van der Waals surface area contributed by atoms with E-state index in [-0.39, 0.29) is 0 Å². The summed E-state index contributed by atoms with van der Waals surface area (Å²) in [4.78, 5) is 2.44. The van der Waals surface area contributed by atoms with E-state index in [0.29, 0.717) is 6.04 Å². The van der Waals surface area contributed by atoms with Crippen LogP contribution in [0, 0.1) is 18.3 Å². The molecule has 0 aromatic carbocycles. The molecule has 0 unspecified atom stereocenters. The summed E-state index contributed by atoms with van der Waals surface area (Å²) in [6.07, 6.45) is 6.10. The molecule has 0 saturated carbocycles. The molecule has 0 aliphatic rings. The van der Waals surface area contributed by atoms with E-state index in [1.165, 1.54) is 0 Å². The van der Waals surface area contributed by atoms with Crippen molar-refractivity contribution in [1.82, 2.24) is 4.90 Å². The van der Waals surface area contributed by atoms with Gasteiger partial charge in [0.15, 0.2) is 0 Å². The zero-order chi connectivity index (χ0) is 9.56. The van der Waals surface area contributed by atoms with Crippen LogP contribution in [0.2, 0.25) is 0 Å². The van der Waals surface area contributed by atoms with Crippen molar-refractivity contribution in [3.8, 4) is 12.3 Å². The molecule has 70 valence electrons. The molecule has 0 spiro atoms. The highest BCUT2D eigenvalue weighted by Crippen LogP contribution is 2.04. The van der Waals surface area contributed by atoms with Crippen molar-refractivity contribution in [3.63, 3.8) is 0 Å². The molecular formula is C11H21N. The van der Waals surface area contributed by atoms with Crippen LogP contribution < -0.4 is 0 Å². The average molecular weight is 167 g/mol. The Morgan fingerprint density at radius 1 is 1.25 bits per heavy atom. The third-order valence-corrected chi connectivity index (χ3v) is 1.87. The van der Waals surface area contributed by atoms with Gasteiger partial charge in [-0.15, -0.1) is 12.3 Å². The molecule has 0 aliphatic heterocycles. The number of hydrogen-bond donors (Lipinski definition) is 0. The molecule has 0 saturated heterocycles. The summed E-state index contributed by atoms with van der Waals surface area (Å²) in [7, 11) is 0. The van der Waals surface area contributed by atoms with Crippen molar-refractivity contribution in [1.29, 1.82) is 0 Å². The quantitative estimate of drug-likeness (QED) is 0.568. The zero-order valence-corrected chi connectivity index (χ0v) is 8.80. The molecule has 0 bridgehead atoms. The molecule has 0 radical (unpaired) electrons. The van der Waals surface area contributed by atoms with Crippen molar-refractivity contribution >= 4 is 0 Å². The lowest BCUT2D eigenvalue weighted by Crippen LogP contribution is -2.34. The zero-order valence-electron chi connectivity index (χ0n) is 8.80. The van der Waals surface area contributed by atoms with Gasteiger partial charge in [0.25, 0.3) is 0 Å². The first kappa shape index (κ1) is 11.5. The fraction of sp³-hybridized carbons (Fsp3) is 0.818. The predicted octanol–water partition coefficient (Wildman–Crippen LogP) is 2.38. The van der Waals surface area contributed by atoms with Crippen LogP contribution in [-0.4, -0.2) is 24.0 Å². The fourth-order valence-electron chi connectivity index (χ4n) is 1.24. The van der Waals surface area contributed by atoms with E-state index in [4.69, 9.17) is 6.42 Å². The summed E-state index contributed by atoms with van der Waals surface area (Å²) in [5.41, 5.74) is 0. The van der Waals surface area contributed by atoms with Crippen LogP contribution in [0.15, 0.2) is 0 Å². The molecule has 0 fully saturated rings. The topological polar surface area (TPSA) is 3.24 Å². The van der Waals surface area contributed by atoms with Gasteiger partial charge in [-0.05, 0) is 19.8 Å². The lowest BCUT2D eigenvalue weighted by molar-refractivity contribution is 0.202. The minimum atomic E-state index is 0.612. The maximum Gasteiger partial charge on any atom is 0.0214 e. The van der Waals surface area contributed by atoms with Crippen LogP contribution in [0.5, 0.6) is 0 Å². The first-order valence-corrected chi connectivity index (χ1v) is 4.75. The van der Waals surface area contributed by atoms with Gasteiger partial charge in [0.05, 0.1) is 0 Å². The van der Waals surface area contributed by atoms with Crippen molar-refractivity contribution < 1.29 is 0 Å². The summed E-state index contributed by atoms with van der Waals surface area (Å²) in [6.45, 7) is 11.1. The maximum atomic E-state index is 5.23. The van der Waals surface area contributed by atoms with Gasteiger partial charge in [0, 0.05) is 25.6 Å². The van der Waals surface area contributed by atoms with Crippen LogP contribution in [0.3, 0.4) is 0 Å². The molecule has 0 aromatic rings. The molecule has 0 atom stereocenters. The van der Waals surface area contributed by atoms with Crippen LogP contribution >= 0.6 is 0 Å². The molecule has 1 heteroatoms. The molecule has 12 heavy (non-hydrogen) atoms. The van der Waals surface area contributed by atoms with E-state index in [9.17, 15) is 0 Å². The summed E-state index contributed by atoms with van der Waals surface area (Å²) >= 11 is 0. The number of nitrogens with zero attached hydrogens (tertiary/aromatic N) is 1. The number of terminal acetylenes is 1. The Morgan fingerprint density at radius 3 is 2.17 bits per heavy atom. The Balaban J connectivity index is 3.80. The molecule has 0 N–H and O–H groups in total. The van der Waals surface area contributed by atoms with Gasteiger partial charge < -0.3 is 0 Å². The summed E-state index contributed by atoms with van der Waals surface area (Å²) in [5.74, 6) is 3.41. The molecule has 0 rings (SSSR count). The van der Waals surface area contributed by atoms with Gasteiger partial charge in [-0.3, -0.25) is 4.90 Å². The smallest absolute Gasteiger partial charge is 0.0214 e. The number of hydrogen-bond acceptors (Lipinski definition) is 1. The van der Waals surface area contributed by atoms with E-state index >= 15 is 0 Å². The lowest BCUT2D eigenvalue weighted by Gasteiger charge is -2.27. The first-order chi connectivity index (χ1) is 5.57. The van der Waals surface area contributed by atoms with Crippen molar-refractivity contribution in [2.75, 3.05) is 13.1 Å². The standard InChI is InChI=1S/C11H21N/c1-6-7-8-12(11(4)5)9-10(2)3/h1,10-11H,7-9H2,2-5H3. The third kappa shape index (κ3) is 5.21. The Labute approximate surface area is 77.1 Å². The minimum Gasteiger partial charge on any atom is -0.300 e. The summed E-state index contributed by atoms with van der Waals surface area (Å²) in [6, 6.07) is 0.612. The molecule has 1 nitrogen and oxygen atoms in total. The molecular weight excluding hydrogens is 146 g/mol. The average Bonchev–Trinajstić information content (AvgIpc) is 1.96. The van der Waals surface area contributed by atoms with Crippen molar-refractivity contribution in [3.05, 3.63) is 0 Å². The lowest BCUT2D eigenvalue weighted by atomic mass is 10.1. The van der Waals surface area contributed by atoms with Gasteiger partial charge in [-0.25, -0.2) is 0 Å². The minimum absolute atomic E-state index is 0.612. The van der Waals surface area contributed by atoms with E-state index in [2.05, 4.69) is 38.5 Å². The van der Waals surface area contributed by atoms with E-state index in [0.717, 1.165) is 25.4 Å². The highest BCUT2D eigenvalue weighted by Gasteiger charge is 2.09. The summed E-state index contributed by atoms with van der Waals surface area (Å²) < 4.78 is 0. The Hall–Kier alpha value is -0.480. The molecule has 0 amide bonds. The normalized spacial score (nSPS) is 11.2. The van der Waals surface area contributed by atoms with Gasteiger partial charge in [0.1, 0.15) is 0 Å². The molecule has 0 aliphatic carbocycles. The highest BCUT2D eigenvalue weighted by atomic mass is 15.1.